The first-order valence-corrected chi connectivity index (χ1v) is 12.7. The van der Waals surface area contributed by atoms with Crippen molar-refractivity contribution >= 4 is 29.7 Å². The van der Waals surface area contributed by atoms with E-state index in [0.29, 0.717) is 25.8 Å². The zero-order chi connectivity index (χ0) is 29.3. The number of ether oxygens (including phenoxy) is 4. The van der Waals surface area contributed by atoms with Crippen molar-refractivity contribution in [2.75, 3.05) is 72.5 Å². The average molecular weight is 566 g/mol. The summed E-state index contributed by atoms with van der Waals surface area (Å²) in [4.78, 5) is 56.0. The number of nitrogens with two attached hydrogens (primary N) is 2. The van der Waals surface area contributed by atoms with Crippen molar-refractivity contribution in [2.45, 2.75) is 44.2 Å². The summed E-state index contributed by atoms with van der Waals surface area (Å²) < 4.78 is 20.9. The predicted molar refractivity (Wildman–Crippen MR) is 137 cm³/mol. The van der Waals surface area contributed by atoms with Crippen molar-refractivity contribution in [1.82, 2.24) is 16.0 Å². The highest BCUT2D eigenvalue weighted by atomic mass is 16.5. The summed E-state index contributed by atoms with van der Waals surface area (Å²) >= 11 is 0. The first-order valence-electron chi connectivity index (χ1n) is 12.7. The Morgan fingerprint density at radius 1 is 0.564 bits per heavy atom. The molecule has 0 spiro atoms. The van der Waals surface area contributed by atoms with Crippen molar-refractivity contribution < 1.29 is 53.1 Å². The Morgan fingerprint density at radius 3 is 1.51 bits per heavy atom. The van der Waals surface area contributed by atoms with Gasteiger partial charge in [0.15, 0.2) is 0 Å². The molecule has 0 aromatic rings. The van der Waals surface area contributed by atoms with Crippen LogP contribution in [0.25, 0.3) is 0 Å². The minimum absolute atomic E-state index is 0.0148. The smallest absolute Gasteiger partial charge is 0.320 e. The number of hydrogen-bond acceptors (Lipinski definition) is 11. The lowest BCUT2D eigenvalue weighted by Gasteiger charge is -2.09. The summed E-state index contributed by atoms with van der Waals surface area (Å²) in [5.74, 6) is -3.10. The van der Waals surface area contributed by atoms with Gasteiger partial charge >= 0.3 is 11.9 Å². The zero-order valence-corrected chi connectivity index (χ0v) is 22.2. The van der Waals surface area contributed by atoms with Gasteiger partial charge in [0.1, 0.15) is 25.3 Å². The Kier molecular flexibility index (Phi) is 22.4. The highest BCUT2D eigenvalue weighted by molar-refractivity contribution is 5.78. The average Bonchev–Trinajstić information content (AvgIpc) is 2.89. The molecule has 0 aromatic heterocycles. The van der Waals surface area contributed by atoms with Crippen molar-refractivity contribution in [3.8, 4) is 0 Å². The van der Waals surface area contributed by atoms with Crippen LogP contribution in [-0.2, 0) is 42.9 Å². The lowest BCUT2D eigenvalue weighted by molar-refractivity contribution is -0.139. The van der Waals surface area contributed by atoms with Crippen LogP contribution in [0.3, 0.4) is 0 Å². The van der Waals surface area contributed by atoms with Gasteiger partial charge in [0.05, 0.1) is 39.6 Å². The third kappa shape index (κ3) is 23.9. The van der Waals surface area contributed by atoms with Crippen LogP contribution in [0.4, 0.5) is 0 Å². The number of carboxylic acid groups (broad SMARTS) is 2. The van der Waals surface area contributed by atoms with Crippen molar-refractivity contribution in [3.63, 3.8) is 0 Å². The summed E-state index contributed by atoms with van der Waals surface area (Å²) in [6.45, 7) is 2.07. The van der Waals surface area contributed by atoms with Gasteiger partial charge in [0, 0.05) is 26.1 Å². The van der Waals surface area contributed by atoms with Gasteiger partial charge in [-0.25, -0.2) is 0 Å². The minimum Gasteiger partial charge on any atom is -0.480 e. The Bertz CT molecular complexity index is 727. The maximum absolute atomic E-state index is 11.7. The van der Waals surface area contributed by atoms with E-state index in [4.69, 9.17) is 40.6 Å². The molecule has 0 bridgehead atoms. The van der Waals surface area contributed by atoms with E-state index in [2.05, 4.69) is 16.0 Å². The van der Waals surface area contributed by atoms with Crippen molar-refractivity contribution in [1.29, 1.82) is 0 Å². The quantitative estimate of drug-likeness (QED) is 0.0523. The summed E-state index contributed by atoms with van der Waals surface area (Å²) in [7, 11) is 0. The second-order valence-corrected chi connectivity index (χ2v) is 8.30. The first-order chi connectivity index (χ1) is 18.6. The summed E-state index contributed by atoms with van der Waals surface area (Å²) in [5, 5.41) is 25.2. The van der Waals surface area contributed by atoms with E-state index in [-0.39, 0.29) is 96.5 Å². The molecule has 39 heavy (non-hydrogen) atoms. The second-order valence-electron chi connectivity index (χ2n) is 8.30. The van der Waals surface area contributed by atoms with E-state index in [1.165, 1.54) is 0 Å². The summed E-state index contributed by atoms with van der Waals surface area (Å²) in [6, 6.07) is -1.95. The molecule has 3 amide bonds. The molecular weight excluding hydrogens is 522 g/mol. The number of nitrogens with one attached hydrogen (secondary N) is 3. The van der Waals surface area contributed by atoms with E-state index in [9.17, 15) is 24.0 Å². The van der Waals surface area contributed by atoms with Gasteiger partial charge in [-0.3, -0.25) is 24.0 Å². The highest BCUT2D eigenvalue weighted by Crippen LogP contribution is 1.98. The summed E-state index contributed by atoms with van der Waals surface area (Å²) in [5.41, 5.74) is 10.7. The first kappa shape index (κ1) is 36.1. The van der Waals surface area contributed by atoms with Gasteiger partial charge in [-0.2, -0.15) is 0 Å². The maximum Gasteiger partial charge on any atom is 0.320 e. The maximum atomic E-state index is 11.7. The van der Waals surface area contributed by atoms with Crippen molar-refractivity contribution in [2.24, 2.45) is 11.5 Å². The normalized spacial score (nSPS) is 12.4. The third-order valence-electron chi connectivity index (χ3n) is 4.93. The molecule has 0 unspecified atom stereocenters. The van der Waals surface area contributed by atoms with Crippen LogP contribution in [0.15, 0.2) is 0 Å². The Labute approximate surface area is 227 Å². The SMILES string of the molecule is N[C@@H](CCCCNC(=O)COCCOCCNC(=O)COCCOCCNC(=O)CC[C@H](N)C(=O)O)C(=O)O. The fourth-order valence-corrected chi connectivity index (χ4v) is 2.74. The number of amides is 3. The number of hydrogen-bond donors (Lipinski definition) is 7. The molecule has 0 aliphatic carbocycles. The topological polar surface area (TPSA) is 251 Å². The van der Waals surface area contributed by atoms with Crippen LogP contribution in [0.2, 0.25) is 0 Å². The number of carbonyl (C=O) groups excluding carboxylic acids is 3. The molecule has 0 saturated heterocycles. The molecule has 0 aliphatic heterocycles. The van der Waals surface area contributed by atoms with Crippen molar-refractivity contribution in [3.05, 3.63) is 0 Å². The molecule has 2 atom stereocenters. The van der Waals surface area contributed by atoms with Gasteiger partial charge in [-0.05, 0) is 25.7 Å². The monoisotopic (exact) mass is 565 g/mol. The lowest BCUT2D eigenvalue weighted by atomic mass is 10.1. The molecule has 0 saturated carbocycles. The molecule has 0 aliphatic rings. The van der Waals surface area contributed by atoms with E-state index >= 15 is 0 Å². The van der Waals surface area contributed by atoms with Crippen LogP contribution in [-0.4, -0.2) is 124 Å². The second kappa shape index (κ2) is 24.2. The van der Waals surface area contributed by atoms with Gasteiger partial charge in [-0.1, -0.05) is 0 Å². The number of unbranched alkanes of at least 4 members (excludes halogenated alkanes) is 1. The molecule has 0 heterocycles. The molecule has 0 radical (unpaired) electrons. The Morgan fingerprint density at radius 2 is 1.00 bits per heavy atom. The number of rotatable bonds is 26. The Balaban J connectivity index is 3.41. The minimum atomic E-state index is -1.15. The van der Waals surface area contributed by atoms with E-state index in [1.54, 1.807) is 0 Å². The van der Waals surface area contributed by atoms with Crippen LogP contribution in [0.1, 0.15) is 32.1 Å². The van der Waals surface area contributed by atoms with Gasteiger partial charge in [0.25, 0.3) is 0 Å². The van der Waals surface area contributed by atoms with E-state index in [1.807, 2.05) is 0 Å². The van der Waals surface area contributed by atoms with Gasteiger partial charge in [0.2, 0.25) is 17.7 Å². The summed E-state index contributed by atoms with van der Waals surface area (Å²) in [6.07, 6.45) is 1.64. The lowest BCUT2D eigenvalue weighted by Crippen LogP contribution is -2.33. The van der Waals surface area contributed by atoms with Crippen LogP contribution in [0.5, 0.6) is 0 Å². The molecule has 0 fully saturated rings. The van der Waals surface area contributed by atoms with Crippen LogP contribution < -0.4 is 27.4 Å². The molecule has 16 heteroatoms. The molecular formula is C23H43N5O11. The Hall–Kier alpha value is -2.89. The highest BCUT2D eigenvalue weighted by Gasteiger charge is 2.13. The third-order valence-corrected chi connectivity index (χ3v) is 4.93. The molecule has 226 valence electrons. The number of carbonyl (C=O) groups is 5. The van der Waals surface area contributed by atoms with Crippen LogP contribution >= 0.6 is 0 Å². The number of aliphatic carboxylic acids is 2. The largest absolute Gasteiger partial charge is 0.480 e. The fourth-order valence-electron chi connectivity index (χ4n) is 2.74. The van der Waals surface area contributed by atoms with E-state index < -0.39 is 24.0 Å². The van der Waals surface area contributed by atoms with Gasteiger partial charge in [-0.15, -0.1) is 0 Å². The van der Waals surface area contributed by atoms with Crippen LogP contribution in [0, 0.1) is 0 Å². The van der Waals surface area contributed by atoms with Gasteiger partial charge < -0.3 is 56.6 Å². The molecule has 0 rings (SSSR count). The molecule has 0 aromatic carbocycles. The van der Waals surface area contributed by atoms with E-state index in [0.717, 1.165) is 0 Å². The zero-order valence-electron chi connectivity index (χ0n) is 22.2. The molecule has 9 N–H and O–H groups in total. The number of carboxylic acids is 2. The molecule has 16 nitrogen and oxygen atoms in total. The predicted octanol–water partition coefficient (Wildman–Crippen LogP) is -2.82. The standard InChI is InChI=1S/C23H43N5O11/c24-17(22(32)33)3-1-2-6-26-20(30)15-38-13-12-37-10-8-28-21(31)16-39-14-11-36-9-7-27-19(29)5-4-18(25)23(34)35/h17-18H,1-16,24-25H2,(H,26,30)(H,27,29)(H,28,31)(H,32,33)(H,34,35)/t17-,18-/m0/s1. The fraction of sp³-hybridized carbons (Fsp3) is 0.783.